The Hall–Kier alpha value is -2.26. The highest BCUT2D eigenvalue weighted by molar-refractivity contribution is 7.16. The van der Waals surface area contributed by atoms with E-state index in [-0.39, 0.29) is 11.9 Å². The number of aromatic nitrogens is 5. The van der Waals surface area contributed by atoms with Crippen LogP contribution in [0.1, 0.15) is 28.1 Å². The summed E-state index contributed by atoms with van der Waals surface area (Å²) in [6.07, 6.45) is 5.11. The van der Waals surface area contributed by atoms with Crippen LogP contribution in [-0.2, 0) is 17.6 Å². The number of imidazole rings is 2. The fourth-order valence-corrected chi connectivity index (χ4v) is 3.56. The molecule has 1 aliphatic heterocycles. The van der Waals surface area contributed by atoms with Gasteiger partial charge in [-0.3, -0.25) is 4.79 Å². The molecule has 0 saturated carbocycles. The van der Waals surface area contributed by atoms with E-state index < -0.39 is 0 Å². The number of H-pyrrole nitrogens is 1. The smallest absolute Gasteiger partial charge is 0.243 e. The molecular formula is C14H17N7OS. The van der Waals surface area contributed by atoms with E-state index in [0.29, 0.717) is 13.0 Å². The fraction of sp³-hybridized carbons (Fsp3) is 0.429. The first-order valence-corrected chi connectivity index (χ1v) is 8.37. The molecule has 120 valence electrons. The lowest BCUT2D eigenvalue weighted by Crippen LogP contribution is -2.42. The van der Waals surface area contributed by atoms with E-state index in [1.165, 1.54) is 0 Å². The van der Waals surface area contributed by atoms with Gasteiger partial charge in [-0.25, -0.2) is 14.5 Å². The van der Waals surface area contributed by atoms with E-state index >= 15 is 0 Å². The molecule has 8 nitrogen and oxygen atoms in total. The molecule has 0 bridgehead atoms. The zero-order chi connectivity index (χ0) is 15.8. The van der Waals surface area contributed by atoms with Crippen molar-refractivity contribution in [3.63, 3.8) is 0 Å². The largest absolute Gasteiger partial charge is 0.354 e. The third-order valence-corrected chi connectivity index (χ3v) is 4.72. The van der Waals surface area contributed by atoms with Crippen LogP contribution in [0.4, 0.5) is 0 Å². The van der Waals surface area contributed by atoms with E-state index in [4.69, 9.17) is 0 Å². The zero-order valence-corrected chi connectivity index (χ0v) is 13.5. The van der Waals surface area contributed by atoms with Gasteiger partial charge < -0.3 is 15.6 Å². The Labute approximate surface area is 136 Å². The van der Waals surface area contributed by atoms with E-state index in [2.05, 4.69) is 30.7 Å². The van der Waals surface area contributed by atoms with Crippen molar-refractivity contribution >= 4 is 22.2 Å². The predicted octanol–water partition coefficient (Wildman–Crippen LogP) is 0.368. The van der Waals surface area contributed by atoms with Crippen molar-refractivity contribution in [2.45, 2.75) is 25.8 Å². The molecular weight excluding hydrogens is 314 g/mol. The summed E-state index contributed by atoms with van der Waals surface area (Å²) in [4.78, 5) is 25.1. The Kier molecular flexibility index (Phi) is 3.58. The molecule has 1 aliphatic rings. The average Bonchev–Trinajstić information content (AvgIpc) is 3.20. The number of amides is 1. The molecule has 4 rings (SSSR count). The van der Waals surface area contributed by atoms with Gasteiger partial charge in [0.05, 0.1) is 23.9 Å². The lowest BCUT2D eigenvalue weighted by molar-refractivity contribution is -0.123. The Morgan fingerprint density at radius 3 is 3.35 bits per heavy atom. The van der Waals surface area contributed by atoms with E-state index in [9.17, 15) is 4.79 Å². The minimum Gasteiger partial charge on any atom is -0.354 e. The van der Waals surface area contributed by atoms with E-state index in [0.717, 1.165) is 40.0 Å². The van der Waals surface area contributed by atoms with Crippen LogP contribution in [0, 0.1) is 6.92 Å². The standard InChI is InChI=1S/C14H17N7OS/c1-8-20-21-6-9(19-14(21)23-8)2-4-16-13(22)12-11-10(3-5-15-12)17-7-18-11/h6-7,12,15H,2-5H2,1H3,(H,16,22)(H,17,18). The maximum absolute atomic E-state index is 12.4. The lowest BCUT2D eigenvalue weighted by atomic mass is 10.1. The Bertz CT molecular complexity index is 817. The molecule has 3 N–H and O–H groups in total. The van der Waals surface area contributed by atoms with E-state index in [1.807, 2.05) is 13.1 Å². The average molecular weight is 331 g/mol. The summed E-state index contributed by atoms with van der Waals surface area (Å²) in [6, 6.07) is -0.375. The van der Waals surface area contributed by atoms with Gasteiger partial charge in [-0.1, -0.05) is 11.3 Å². The summed E-state index contributed by atoms with van der Waals surface area (Å²) < 4.78 is 1.79. The first-order chi connectivity index (χ1) is 11.2. The third-order valence-electron chi connectivity index (χ3n) is 3.89. The number of aromatic amines is 1. The van der Waals surface area contributed by atoms with Gasteiger partial charge in [-0.2, -0.15) is 5.10 Å². The number of fused-ring (bicyclic) bond motifs is 2. The quantitative estimate of drug-likeness (QED) is 0.641. The van der Waals surface area contributed by atoms with Crippen molar-refractivity contribution in [2.24, 2.45) is 0 Å². The molecule has 3 aromatic heterocycles. The second-order valence-electron chi connectivity index (χ2n) is 5.52. The number of hydrogen-bond acceptors (Lipinski definition) is 6. The fourth-order valence-electron chi connectivity index (χ4n) is 2.82. The maximum atomic E-state index is 12.4. The second kappa shape index (κ2) is 5.74. The van der Waals surface area contributed by atoms with Crippen LogP contribution in [0.15, 0.2) is 12.5 Å². The van der Waals surface area contributed by atoms with Crippen molar-refractivity contribution in [1.29, 1.82) is 0 Å². The summed E-state index contributed by atoms with van der Waals surface area (Å²) in [5, 5.41) is 11.5. The maximum Gasteiger partial charge on any atom is 0.243 e. The van der Waals surface area contributed by atoms with Gasteiger partial charge in [0.15, 0.2) is 0 Å². The van der Waals surface area contributed by atoms with Gasteiger partial charge >= 0.3 is 0 Å². The van der Waals surface area contributed by atoms with Gasteiger partial charge in [0.25, 0.3) is 0 Å². The molecule has 23 heavy (non-hydrogen) atoms. The normalized spacial score (nSPS) is 17.3. The van der Waals surface area contributed by atoms with Crippen LogP contribution in [0.25, 0.3) is 4.96 Å². The van der Waals surface area contributed by atoms with Gasteiger partial charge in [0.1, 0.15) is 11.0 Å². The van der Waals surface area contributed by atoms with Gasteiger partial charge in [-0.05, 0) is 6.92 Å². The van der Waals surface area contributed by atoms with Gasteiger partial charge in [-0.15, -0.1) is 0 Å². The minimum atomic E-state index is -0.375. The monoisotopic (exact) mass is 331 g/mol. The second-order valence-corrected chi connectivity index (χ2v) is 6.69. The van der Waals surface area contributed by atoms with Crippen molar-refractivity contribution in [3.05, 3.63) is 34.6 Å². The number of nitrogens with one attached hydrogen (secondary N) is 3. The predicted molar refractivity (Wildman–Crippen MR) is 85.4 cm³/mol. The first kappa shape index (κ1) is 14.3. The number of aryl methyl sites for hydroxylation is 1. The summed E-state index contributed by atoms with van der Waals surface area (Å²) in [5.74, 6) is -0.0481. The number of nitrogens with zero attached hydrogens (tertiary/aromatic N) is 4. The van der Waals surface area contributed by atoms with Gasteiger partial charge in [0, 0.05) is 31.6 Å². The van der Waals surface area contributed by atoms with Crippen LogP contribution < -0.4 is 10.6 Å². The molecule has 1 atom stereocenters. The molecule has 4 heterocycles. The Balaban J connectivity index is 1.36. The molecule has 9 heteroatoms. The number of carbonyl (C=O) groups excluding carboxylic acids is 1. The molecule has 0 aromatic carbocycles. The molecule has 1 unspecified atom stereocenters. The molecule has 1 amide bonds. The van der Waals surface area contributed by atoms with Crippen LogP contribution in [0.2, 0.25) is 0 Å². The zero-order valence-electron chi connectivity index (χ0n) is 12.7. The number of carbonyl (C=O) groups is 1. The summed E-state index contributed by atoms with van der Waals surface area (Å²) >= 11 is 1.56. The highest BCUT2D eigenvalue weighted by atomic mass is 32.1. The van der Waals surface area contributed by atoms with Crippen molar-refractivity contribution in [3.8, 4) is 0 Å². The van der Waals surface area contributed by atoms with Crippen LogP contribution in [0.3, 0.4) is 0 Å². The highest BCUT2D eigenvalue weighted by Gasteiger charge is 2.28. The van der Waals surface area contributed by atoms with Gasteiger partial charge in [0.2, 0.25) is 10.9 Å². The highest BCUT2D eigenvalue weighted by Crippen LogP contribution is 2.19. The lowest BCUT2D eigenvalue weighted by Gasteiger charge is -2.22. The third kappa shape index (κ3) is 2.73. The molecule has 0 aliphatic carbocycles. The van der Waals surface area contributed by atoms with E-state index in [1.54, 1.807) is 22.2 Å². The molecule has 0 spiro atoms. The molecule has 0 fully saturated rings. The van der Waals surface area contributed by atoms with Crippen LogP contribution in [-0.4, -0.2) is 43.6 Å². The first-order valence-electron chi connectivity index (χ1n) is 7.55. The molecule has 0 radical (unpaired) electrons. The van der Waals surface area contributed by atoms with Crippen molar-refractivity contribution < 1.29 is 4.79 Å². The van der Waals surface area contributed by atoms with Crippen molar-refractivity contribution in [2.75, 3.05) is 13.1 Å². The Morgan fingerprint density at radius 1 is 1.57 bits per heavy atom. The molecule has 0 saturated heterocycles. The number of rotatable bonds is 4. The summed E-state index contributed by atoms with van der Waals surface area (Å²) in [7, 11) is 0. The van der Waals surface area contributed by atoms with Crippen LogP contribution in [0.5, 0.6) is 0 Å². The SMILES string of the molecule is Cc1nn2cc(CCNC(=O)C3NCCc4[nH]cnc43)nc2s1. The summed E-state index contributed by atoms with van der Waals surface area (Å²) in [5.41, 5.74) is 2.77. The molecule has 3 aromatic rings. The number of hydrogen-bond donors (Lipinski definition) is 3. The summed E-state index contributed by atoms with van der Waals surface area (Å²) in [6.45, 7) is 3.27. The topological polar surface area (TPSA) is 100 Å². The minimum absolute atomic E-state index is 0.0481. The van der Waals surface area contributed by atoms with Crippen LogP contribution >= 0.6 is 11.3 Å². The Morgan fingerprint density at radius 2 is 2.48 bits per heavy atom. The van der Waals surface area contributed by atoms with Crippen molar-refractivity contribution in [1.82, 2.24) is 35.2 Å².